The first-order valence-electron chi connectivity index (χ1n) is 5.84. The van der Waals surface area contributed by atoms with Gasteiger partial charge in [0.25, 0.3) is 0 Å². The Morgan fingerprint density at radius 2 is 1.93 bits per heavy atom. The molecule has 0 heterocycles. The molecule has 0 aliphatic heterocycles. The highest BCUT2D eigenvalue weighted by atomic mass is 16.5. The van der Waals surface area contributed by atoms with Gasteiger partial charge in [-0.1, -0.05) is 13.8 Å². The molecule has 0 bridgehead atoms. The van der Waals surface area contributed by atoms with Gasteiger partial charge in [-0.2, -0.15) is 0 Å². The highest BCUT2D eigenvalue weighted by Gasteiger charge is 2.17. The molecule has 0 aliphatic rings. The van der Waals surface area contributed by atoms with Gasteiger partial charge in [0, 0.05) is 13.2 Å². The van der Waals surface area contributed by atoms with E-state index in [0.717, 1.165) is 13.0 Å². The van der Waals surface area contributed by atoms with Crippen LogP contribution in [0.3, 0.4) is 0 Å². The smallest absolute Gasteiger partial charge is 0.0623 e. The lowest BCUT2D eigenvalue weighted by atomic mass is 9.98. The van der Waals surface area contributed by atoms with Crippen LogP contribution < -0.4 is 5.32 Å². The number of hydrogen-bond acceptors (Lipinski definition) is 2. The Morgan fingerprint density at radius 1 is 1.29 bits per heavy atom. The van der Waals surface area contributed by atoms with Crippen LogP contribution in [0.4, 0.5) is 0 Å². The van der Waals surface area contributed by atoms with Crippen LogP contribution in [0.2, 0.25) is 0 Å². The third-order valence-electron chi connectivity index (χ3n) is 2.82. The molecule has 0 aromatic rings. The van der Waals surface area contributed by atoms with Gasteiger partial charge in [-0.25, -0.2) is 0 Å². The van der Waals surface area contributed by atoms with E-state index in [-0.39, 0.29) is 5.60 Å². The average Bonchev–Trinajstić information content (AvgIpc) is 2.18. The molecule has 0 fully saturated rings. The standard InChI is InChI=1S/C12H27NO/c1-6-10-13-11(7-2)8-9-12(3,4)14-5/h11,13H,6-10H2,1-5H3. The van der Waals surface area contributed by atoms with Crippen molar-refractivity contribution in [2.24, 2.45) is 0 Å². The Morgan fingerprint density at radius 3 is 2.36 bits per heavy atom. The molecule has 0 saturated heterocycles. The molecule has 0 amide bonds. The van der Waals surface area contributed by atoms with E-state index in [1.807, 2.05) is 0 Å². The summed E-state index contributed by atoms with van der Waals surface area (Å²) in [5.74, 6) is 0. The maximum absolute atomic E-state index is 5.41. The first-order chi connectivity index (χ1) is 6.55. The zero-order valence-corrected chi connectivity index (χ0v) is 10.5. The molecule has 0 spiro atoms. The van der Waals surface area contributed by atoms with E-state index in [1.54, 1.807) is 7.11 Å². The summed E-state index contributed by atoms with van der Waals surface area (Å²) in [4.78, 5) is 0. The monoisotopic (exact) mass is 201 g/mol. The molecule has 0 saturated carbocycles. The molecular weight excluding hydrogens is 174 g/mol. The van der Waals surface area contributed by atoms with Crippen molar-refractivity contribution in [3.63, 3.8) is 0 Å². The van der Waals surface area contributed by atoms with E-state index in [4.69, 9.17) is 4.74 Å². The van der Waals surface area contributed by atoms with Gasteiger partial charge in [-0.3, -0.25) is 0 Å². The number of nitrogens with one attached hydrogen (secondary N) is 1. The van der Waals surface area contributed by atoms with Gasteiger partial charge in [-0.15, -0.1) is 0 Å². The summed E-state index contributed by atoms with van der Waals surface area (Å²) in [6, 6.07) is 0.657. The normalized spacial score (nSPS) is 14.4. The molecule has 1 unspecified atom stereocenters. The fourth-order valence-electron chi connectivity index (χ4n) is 1.42. The van der Waals surface area contributed by atoms with Crippen LogP contribution in [0, 0.1) is 0 Å². The van der Waals surface area contributed by atoms with Gasteiger partial charge in [-0.05, 0) is 46.1 Å². The predicted molar refractivity (Wildman–Crippen MR) is 62.7 cm³/mol. The van der Waals surface area contributed by atoms with Crippen molar-refractivity contribution in [3.8, 4) is 0 Å². The Bertz CT molecular complexity index is 134. The fourth-order valence-corrected chi connectivity index (χ4v) is 1.42. The van der Waals surface area contributed by atoms with Crippen molar-refractivity contribution in [3.05, 3.63) is 0 Å². The quantitative estimate of drug-likeness (QED) is 0.652. The number of rotatable bonds is 8. The van der Waals surface area contributed by atoms with Crippen molar-refractivity contribution in [1.82, 2.24) is 5.32 Å². The summed E-state index contributed by atoms with van der Waals surface area (Å²) in [7, 11) is 1.79. The maximum atomic E-state index is 5.41. The van der Waals surface area contributed by atoms with E-state index in [9.17, 15) is 0 Å². The second kappa shape index (κ2) is 7.24. The maximum Gasteiger partial charge on any atom is 0.0623 e. The van der Waals surface area contributed by atoms with Crippen LogP contribution in [0.25, 0.3) is 0 Å². The zero-order chi connectivity index (χ0) is 11.0. The van der Waals surface area contributed by atoms with Crippen molar-refractivity contribution in [1.29, 1.82) is 0 Å². The summed E-state index contributed by atoms with van der Waals surface area (Å²) in [5, 5.41) is 3.56. The van der Waals surface area contributed by atoms with E-state index >= 15 is 0 Å². The molecular formula is C12H27NO. The molecule has 0 aromatic carbocycles. The molecule has 2 heteroatoms. The van der Waals surface area contributed by atoms with E-state index in [1.165, 1.54) is 19.3 Å². The molecule has 0 radical (unpaired) electrons. The summed E-state index contributed by atoms with van der Waals surface area (Å²) in [5.41, 5.74) is 0.0291. The summed E-state index contributed by atoms with van der Waals surface area (Å²) >= 11 is 0. The lowest BCUT2D eigenvalue weighted by molar-refractivity contribution is 0.0116. The summed E-state index contributed by atoms with van der Waals surface area (Å²) in [6.45, 7) is 9.89. The van der Waals surface area contributed by atoms with Crippen LogP contribution in [-0.4, -0.2) is 25.3 Å². The Balaban J connectivity index is 3.71. The highest BCUT2D eigenvalue weighted by Crippen LogP contribution is 2.17. The highest BCUT2D eigenvalue weighted by molar-refractivity contribution is 4.73. The summed E-state index contributed by atoms with van der Waals surface area (Å²) < 4.78 is 5.41. The average molecular weight is 201 g/mol. The third kappa shape index (κ3) is 6.39. The third-order valence-corrected chi connectivity index (χ3v) is 2.82. The number of ether oxygens (including phenoxy) is 1. The molecule has 0 aliphatic carbocycles. The first-order valence-corrected chi connectivity index (χ1v) is 5.84. The molecule has 0 aromatic heterocycles. The lowest BCUT2D eigenvalue weighted by Gasteiger charge is -2.26. The second-order valence-corrected chi connectivity index (χ2v) is 4.56. The molecule has 1 atom stereocenters. The largest absolute Gasteiger partial charge is 0.379 e. The van der Waals surface area contributed by atoms with Gasteiger partial charge in [0.05, 0.1) is 5.60 Å². The number of methoxy groups -OCH3 is 1. The minimum Gasteiger partial charge on any atom is -0.379 e. The predicted octanol–water partition coefficient (Wildman–Crippen LogP) is 2.97. The molecule has 14 heavy (non-hydrogen) atoms. The SMILES string of the molecule is CCCNC(CC)CCC(C)(C)OC. The Labute approximate surface area is 89.4 Å². The van der Waals surface area contributed by atoms with E-state index < -0.39 is 0 Å². The molecule has 86 valence electrons. The van der Waals surface area contributed by atoms with Crippen molar-refractivity contribution >= 4 is 0 Å². The van der Waals surface area contributed by atoms with Crippen LogP contribution in [0.15, 0.2) is 0 Å². The zero-order valence-electron chi connectivity index (χ0n) is 10.5. The van der Waals surface area contributed by atoms with Crippen LogP contribution in [0.5, 0.6) is 0 Å². The number of hydrogen-bond donors (Lipinski definition) is 1. The van der Waals surface area contributed by atoms with Gasteiger partial charge in [0.15, 0.2) is 0 Å². The first kappa shape index (κ1) is 13.9. The van der Waals surface area contributed by atoms with Crippen LogP contribution in [-0.2, 0) is 4.74 Å². The second-order valence-electron chi connectivity index (χ2n) is 4.56. The van der Waals surface area contributed by atoms with Gasteiger partial charge in [0.1, 0.15) is 0 Å². The molecule has 2 nitrogen and oxygen atoms in total. The Kier molecular flexibility index (Phi) is 7.20. The minimum atomic E-state index is 0.0291. The minimum absolute atomic E-state index is 0.0291. The topological polar surface area (TPSA) is 21.3 Å². The molecule has 0 rings (SSSR count). The van der Waals surface area contributed by atoms with E-state index in [0.29, 0.717) is 6.04 Å². The lowest BCUT2D eigenvalue weighted by Crippen LogP contribution is -2.32. The molecule has 1 N–H and O–H groups in total. The van der Waals surface area contributed by atoms with Gasteiger partial charge >= 0.3 is 0 Å². The van der Waals surface area contributed by atoms with Gasteiger partial charge in [0.2, 0.25) is 0 Å². The van der Waals surface area contributed by atoms with Crippen molar-refractivity contribution in [2.45, 2.75) is 65.0 Å². The van der Waals surface area contributed by atoms with Crippen LogP contribution >= 0.6 is 0 Å². The van der Waals surface area contributed by atoms with E-state index in [2.05, 4.69) is 33.0 Å². The fraction of sp³-hybridized carbons (Fsp3) is 1.00. The van der Waals surface area contributed by atoms with Crippen molar-refractivity contribution in [2.75, 3.05) is 13.7 Å². The van der Waals surface area contributed by atoms with Crippen LogP contribution in [0.1, 0.15) is 53.4 Å². The Hall–Kier alpha value is -0.0800. The summed E-state index contributed by atoms with van der Waals surface area (Å²) in [6.07, 6.45) is 4.75. The van der Waals surface area contributed by atoms with Crippen molar-refractivity contribution < 1.29 is 4.74 Å². The van der Waals surface area contributed by atoms with Gasteiger partial charge < -0.3 is 10.1 Å².